The Morgan fingerprint density at radius 1 is 0.640 bits per heavy atom. The molecule has 0 N–H and O–H groups in total. The highest BCUT2D eigenvalue weighted by Gasteiger charge is 2.53. The third-order valence-electron chi connectivity index (χ3n) is 5.91. The van der Waals surface area contributed by atoms with Gasteiger partial charge in [0.15, 0.2) is 0 Å². The van der Waals surface area contributed by atoms with Gasteiger partial charge in [-0.3, -0.25) is 0 Å². The van der Waals surface area contributed by atoms with Gasteiger partial charge in [0, 0.05) is 11.8 Å². The second-order valence-corrected chi connectivity index (χ2v) is 6.98. The van der Waals surface area contributed by atoms with E-state index in [-0.39, 0.29) is 23.5 Å². The van der Waals surface area contributed by atoms with E-state index in [2.05, 4.69) is 24.3 Å². The molecule has 122 valence electrons. The Labute approximate surface area is 143 Å². The van der Waals surface area contributed by atoms with Crippen molar-refractivity contribution in [1.29, 1.82) is 0 Å². The van der Waals surface area contributed by atoms with Crippen LogP contribution in [0.5, 0.6) is 0 Å². The highest BCUT2D eigenvalue weighted by atomic mass is 16.2. The molecule has 2 bridgehead atoms. The van der Waals surface area contributed by atoms with E-state index < -0.39 is 0 Å². The van der Waals surface area contributed by atoms with Gasteiger partial charge in [-0.05, 0) is 23.3 Å². The lowest BCUT2D eigenvalue weighted by Crippen LogP contribution is -2.53. The molecule has 0 unspecified atom stereocenters. The summed E-state index contributed by atoms with van der Waals surface area (Å²) in [4.78, 5) is 26.4. The van der Waals surface area contributed by atoms with Gasteiger partial charge in [0.2, 0.25) is 0 Å². The number of para-hydroxylation sites is 1. The smallest absolute Gasteiger partial charge is 0.245 e. The maximum Gasteiger partial charge on any atom is 0.352 e. The number of aromatic nitrogens is 3. The van der Waals surface area contributed by atoms with Crippen LogP contribution in [0, 0.1) is 11.8 Å². The quantitative estimate of drug-likeness (QED) is 0.642. The Hall–Kier alpha value is -3.08. The van der Waals surface area contributed by atoms with Crippen molar-refractivity contribution < 1.29 is 0 Å². The molecular weight excluding hydrogens is 314 g/mol. The van der Waals surface area contributed by atoms with Crippen molar-refractivity contribution in [2.45, 2.75) is 12.1 Å². The molecule has 0 saturated carbocycles. The molecule has 1 aromatic heterocycles. The third kappa shape index (κ3) is 1.41. The lowest BCUT2D eigenvalue weighted by molar-refractivity contribution is 0.122. The van der Waals surface area contributed by atoms with Gasteiger partial charge in [-0.25, -0.2) is 23.5 Å². The van der Waals surface area contributed by atoms with Gasteiger partial charge in [-0.1, -0.05) is 54.6 Å². The highest BCUT2D eigenvalue weighted by Crippen LogP contribution is 2.55. The van der Waals surface area contributed by atoms with Crippen molar-refractivity contribution in [2.24, 2.45) is 11.8 Å². The molecule has 7 rings (SSSR count). The average molecular weight is 329 g/mol. The van der Waals surface area contributed by atoms with Crippen molar-refractivity contribution in [3.05, 3.63) is 98.8 Å². The number of nitrogens with zero attached hydrogens (tertiary/aromatic N) is 3. The molecule has 0 saturated heterocycles. The van der Waals surface area contributed by atoms with Crippen LogP contribution >= 0.6 is 0 Å². The zero-order valence-electron chi connectivity index (χ0n) is 13.3. The molecule has 0 amide bonds. The summed E-state index contributed by atoms with van der Waals surface area (Å²) in [5.74, 6) is 0.590. The van der Waals surface area contributed by atoms with Gasteiger partial charge in [-0.15, -0.1) is 0 Å². The van der Waals surface area contributed by atoms with Crippen LogP contribution in [0.25, 0.3) is 5.69 Å². The monoisotopic (exact) mass is 329 g/mol. The number of rotatable bonds is 1. The lowest BCUT2D eigenvalue weighted by atomic mass is 9.63. The molecule has 25 heavy (non-hydrogen) atoms. The zero-order chi connectivity index (χ0) is 16.7. The van der Waals surface area contributed by atoms with Gasteiger partial charge >= 0.3 is 11.4 Å². The van der Waals surface area contributed by atoms with E-state index in [1.54, 1.807) is 21.5 Å². The van der Waals surface area contributed by atoms with Crippen LogP contribution < -0.4 is 11.4 Å². The molecule has 5 heteroatoms. The Morgan fingerprint density at radius 2 is 1.12 bits per heavy atom. The fraction of sp³-hybridized carbons (Fsp3) is 0.200. The summed E-state index contributed by atoms with van der Waals surface area (Å²) in [5.41, 5.74) is 2.46. The van der Waals surface area contributed by atoms with Gasteiger partial charge in [0.05, 0.1) is 17.8 Å². The van der Waals surface area contributed by atoms with Gasteiger partial charge in [-0.2, -0.15) is 0 Å². The molecule has 0 fully saturated rings. The minimum absolute atomic E-state index is 0.0960. The van der Waals surface area contributed by atoms with Crippen LogP contribution in [0.4, 0.5) is 0 Å². The van der Waals surface area contributed by atoms with Gasteiger partial charge in [0.1, 0.15) is 0 Å². The van der Waals surface area contributed by atoms with Gasteiger partial charge < -0.3 is 0 Å². The van der Waals surface area contributed by atoms with Crippen molar-refractivity contribution >= 4 is 0 Å². The predicted molar refractivity (Wildman–Crippen MR) is 93.1 cm³/mol. The van der Waals surface area contributed by atoms with Gasteiger partial charge in [0.25, 0.3) is 0 Å². The van der Waals surface area contributed by atoms with Crippen molar-refractivity contribution in [3.63, 3.8) is 0 Å². The van der Waals surface area contributed by atoms with E-state index in [4.69, 9.17) is 0 Å². The third-order valence-corrected chi connectivity index (χ3v) is 5.91. The Balaban J connectivity index is 1.71. The first kappa shape index (κ1) is 13.2. The molecule has 3 heterocycles. The minimum atomic E-state index is -0.251. The first-order valence-corrected chi connectivity index (χ1v) is 8.56. The maximum absolute atomic E-state index is 13.2. The molecule has 2 aliphatic heterocycles. The standard InChI is InChI=1S/C20H15N3O2/c24-19-21(12-6-2-1-3-7-12)20(25)23-18-14-9-5-4-8-13(14)17(22(19)23)15-10-11-16(15)18/h1-11,15-18H/t15-,16-,17+,18+/m0/s1. The van der Waals surface area contributed by atoms with E-state index in [0.29, 0.717) is 17.5 Å². The van der Waals surface area contributed by atoms with Crippen LogP contribution in [-0.4, -0.2) is 13.9 Å². The van der Waals surface area contributed by atoms with E-state index in [0.717, 1.165) is 0 Å². The van der Waals surface area contributed by atoms with E-state index in [1.165, 1.54) is 15.7 Å². The van der Waals surface area contributed by atoms with Crippen molar-refractivity contribution in [3.8, 4) is 5.69 Å². The minimum Gasteiger partial charge on any atom is -0.245 e. The normalized spacial score (nSPS) is 27.4. The molecule has 4 atom stereocenters. The molecule has 0 radical (unpaired) electrons. The number of allylic oxidation sites excluding steroid dienone is 2. The topological polar surface area (TPSA) is 48.9 Å². The Bertz CT molecular complexity index is 1100. The summed E-state index contributed by atoms with van der Waals surface area (Å²) >= 11 is 0. The summed E-state index contributed by atoms with van der Waals surface area (Å²) in [5, 5.41) is 0. The first-order valence-electron chi connectivity index (χ1n) is 8.56. The van der Waals surface area contributed by atoms with Crippen LogP contribution in [0.2, 0.25) is 0 Å². The fourth-order valence-corrected chi connectivity index (χ4v) is 4.83. The maximum atomic E-state index is 13.2. The van der Waals surface area contributed by atoms with E-state index in [9.17, 15) is 9.59 Å². The predicted octanol–water partition coefficient (Wildman–Crippen LogP) is 2.11. The zero-order valence-corrected chi connectivity index (χ0v) is 13.3. The molecule has 2 aromatic carbocycles. The highest BCUT2D eigenvalue weighted by molar-refractivity contribution is 5.45. The van der Waals surface area contributed by atoms with Crippen molar-refractivity contribution in [2.75, 3.05) is 0 Å². The summed E-state index contributed by atoms with van der Waals surface area (Å²) < 4.78 is 4.68. The lowest BCUT2D eigenvalue weighted by Gasteiger charge is -2.51. The summed E-state index contributed by atoms with van der Waals surface area (Å²) in [6, 6.07) is 17.2. The Kier molecular flexibility index (Phi) is 2.28. The molecule has 5 nitrogen and oxygen atoms in total. The van der Waals surface area contributed by atoms with E-state index in [1.807, 2.05) is 30.3 Å². The second kappa shape index (κ2) is 4.30. The molecule has 2 aliphatic carbocycles. The molecule has 3 aromatic rings. The average Bonchev–Trinajstić information content (AvgIpc) is 2.88. The summed E-state index contributed by atoms with van der Waals surface area (Å²) in [6.45, 7) is 0. The van der Waals surface area contributed by atoms with Crippen LogP contribution in [0.15, 0.2) is 76.3 Å². The second-order valence-electron chi connectivity index (χ2n) is 6.98. The summed E-state index contributed by atoms with van der Waals surface area (Å²) in [6.07, 6.45) is 4.36. The Morgan fingerprint density at radius 3 is 1.60 bits per heavy atom. The molecule has 4 aliphatic rings. The largest absolute Gasteiger partial charge is 0.352 e. The number of benzene rings is 2. The molecule has 0 spiro atoms. The molecular formula is C20H15N3O2. The SMILES string of the molecule is O=c1n(-c2ccccc2)c(=O)n2n1[C@@H]1c3ccccc3[C@@H]2[C@H]2C=C[C@@H]21. The van der Waals surface area contributed by atoms with E-state index >= 15 is 0 Å². The first-order chi connectivity index (χ1) is 12.3. The van der Waals surface area contributed by atoms with Crippen LogP contribution in [0.3, 0.4) is 0 Å². The fourth-order valence-electron chi connectivity index (χ4n) is 4.83. The number of hydrogen-bond acceptors (Lipinski definition) is 2. The number of hydrogen-bond donors (Lipinski definition) is 0. The van der Waals surface area contributed by atoms with Crippen molar-refractivity contribution in [1.82, 2.24) is 13.9 Å². The van der Waals surface area contributed by atoms with Crippen LogP contribution in [0.1, 0.15) is 23.2 Å². The van der Waals surface area contributed by atoms with Crippen LogP contribution in [-0.2, 0) is 0 Å². The summed E-state index contributed by atoms with van der Waals surface area (Å²) in [7, 11) is 0.